The molecule has 2 aromatic rings. The third-order valence-electron chi connectivity index (χ3n) is 4.67. The second-order valence-electron chi connectivity index (χ2n) is 7.35. The van der Waals surface area contributed by atoms with Gasteiger partial charge in [-0.2, -0.15) is 0 Å². The van der Waals surface area contributed by atoms with Crippen molar-refractivity contribution in [3.05, 3.63) is 65.7 Å². The first-order chi connectivity index (χ1) is 13.4. The number of hydrogen-bond acceptors (Lipinski definition) is 4. The number of hydrogen-bond donors (Lipinski definition) is 1. The van der Waals surface area contributed by atoms with Crippen molar-refractivity contribution in [1.82, 2.24) is 5.32 Å². The van der Waals surface area contributed by atoms with Gasteiger partial charge in [0, 0.05) is 5.69 Å². The highest BCUT2D eigenvalue weighted by Gasteiger charge is 2.41. The van der Waals surface area contributed by atoms with E-state index in [-0.39, 0.29) is 5.91 Å². The minimum absolute atomic E-state index is 0.217. The highest BCUT2D eigenvalue weighted by Crippen LogP contribution is 2.31. The summed E-state index contributed by atoms with van der Waals surface area (Å²) in [6.07, 6.45) is 0.986. The molecule has 0 radical (unpaired) electrons. The molecule has 1 saturated heterocycles. The topological polar surface area (TPSA) is 66.5 Å². The molecule has 1 N–H and O–H groups in total. The molecular weight excluding hydrogens is 372 g/mol. The lowest BCUT2D eigenvalue weighted by Gasteiger charge is -2.29. The molecule has 2 atom stereocenters. The van der Waals surface area contributed by atoms with E-state index in [1.165, 1.54) is 10.5 Å². The minimum atomic E-state index is -0.898. The largest absolute Gasteiger partial charge is 0.290 e. The van der Waals surface area contributed by atoms with Crippen molar-refractivity contribution in [2.24, 2.45) is 5.92 Å². The molecule has 2 aromatic carbocycles. The lowest BCUT2D eigenvalue weighted by atomic mass is 9.95. The molecule has 0 aliphatic carbocycles. The SMILES string of the molecule is CC(C)Cc1ccc(C(C)C(=O)N(c2ccccc2)C2SC(=O)NC2=O)cc1. The van der Waals surface area contributed by atoms with Crippen LogP contribution in [0.3, 0.4) is 0 Å². The van der Waals surface area contributed by atoms with Crippen LogP contribution in [0.4, 0.5) is 10.5 Å². The number of para-hydroxylation sites is 1. The van der Waals surface area contributed by atoms with E-state index in [1.807, 2.05) is 37.3 Å². The molecule has 146 valence electrons. The summed E-state index contributed by atoms with van der Waals surface area (Å²) in [6, 6.07) is 17.0. The minimum Gasteiger partial charge on any atom is -0.290 e. The fourth-order valence-corrected chi connectivity index (χ4v) is 4.11. The van der Waals surface area contributed by atoms with Crippen LogP contribution >= 0.6 is 11.8 Å². The van der Waals surface area contributed by atoms with E-state index in [0.29, 0.717) is 11.6 Å². The summed E-state index contributed by atoms with van der Waals surface area (Å²) in [6.45, 7) is 6.17. The molecule has 0 bridgehead atoms. The van der Waals surface area contributed by atoms with Crippen LogP contribution in [0.5, 0.6) is 0 Å². The van der Waals surface area contributed by atoms with Gasteiger partial charge in [-0.05, 0) is 54.3 Å². The maximum atomic E-state index is 13.4. The van der Waals surface area contributed by atoms with Gasteiger partial charge in [0.2, 0.25) is 5.91 Å². The molecule has 1 heterocycles. The van der Waals surface area contributed by atoms with Gasteiger partial charge in [-0.3, -0.25) is 24.6 Å². The zero-order valence-electron chi connectivity index (χ0n) is 16.2. The Hall–Kier alpha value is -2.60. The quantitative estimate of drug-likeness (QED) is 0.789. The van der Waals surface area contributed by atoms with Crippen LogP contribution in [0.1, 0.15) is 37.8 Å². The lowest BCUT2D eigenvalue weighted by Crippen LogP contribution is -2.45. The van der Waals surface area contributed by atoms with Crippen molar-refractivity contribution < 1.29 is 14.4 Å². The number of nitrogens with zero attached hydrogens (tertiary/aromatic N) is 1. The molecule has 28 heavy (non-hydrogen) atoms. The number of rotatable bonds is 6. The van der Waals surface area contributed by atoms with Crippen molar-refractivity contribution in [1.29, 1.82) is 0 Å². The van der Waals surface area contributed by atoms with Gasteiger partial charge in [-0.15, -0.1) is 0 Å². The van der Waals surface area contributed by atoms with Crippen LogP contribution in [0.25, 0.3) is 0 Å². The molecule has 0 aromatic heterocycles. The molecule has 0 saturated carbocycles. The smallest absolute Gasteiger partial charge is 0.288 e. The van der Waals surface area contributed by atoms with Crippen molar-refractivity contribution in [2.75, 3.05) is 4.90 Å². The molecule has 2 unspecified atom stereocenters. The second kappa shape index (κ2) is 8.61. The molecule has 1 fully saturated rings. The number of benzene rings is 2. The Morgan fingerprint density at radius 3 is 2.21 bits per heavy atom. The first-order valence-corrected chi connectivity index (χ1v) is 10.2. The van der Waals surface area contributed by atoms with E-state index >= 15 is 0 Å². The number of carbonyl (C=O) groups is 3. The highest BCUT2D eigenvalue weighted by molar-refractivity contribution is 8.15. The van der Waals surface area contributed by atoms with Gasteiger partial charge >= 0.3 is 0 Å². The number of thioether (sulfide) groups is 1. The van der Waals surface area contributed by atoms with Gasteiger partial charge in [-0.1, -0.05) is 56.3 Å². The first kappa shape index (κ1) is 20.1. The fourth-order valence-electron chi connectivity index (χ4n) is 3.25. The van der Waals surface area contributed by atoms with E-state index in [1.54, 1.807) is 24.3 Å². The van der Waals surface area contributed by atoms with Gasteiger partial charge in [0.05, 0.1) is 5.92 Å². The molecule has 1 aliphatic heterocycles. The van der Waals surface area contributed by atoms with Crippen molar-refractivity contribution >= 4 is 34.5 Å². The standard InChI is InChI=1S/C22H24N2O3S/c1-14(2)13-16-9-11-17(12-10-16)15(3)20(26)24(18-7-5-4-6-8-18)21-19(25)23-22(27)28-21/h4-12,14-15,21H,13H2,1-3H3,(H,23,25,27). The summed E-state index contributed by atoms with van der Waals surface area (Å²) in [5, 5.41) is 0.934. The van der Waals surface area contributed by atoms with Crippen LogP contribution in [0.15, 0.2) is 54.6 Å². The third kappa shape index (κ3) is 4.44. The average Bonchev–Trinajstić information content (AvgIpc) is 3.00. The summed E-state index contributed by atoms with van der Waals surface area (Å²) in [7, 11) is 0. The normalized spacial score (nSPS) is 17.5. The number of carbonyl (C=O) groups excluding carboxylic acids is 3. The summed E-state index contributed by atoms with van der Waals surface area (Å²) in [5.74, 6) is -0.567. The zero-order valence-corrected chi connectivity index (χ0v) is 17.0. The third-order valence-corrected chi connectivity index (χ3v) is 5.63. The van der Waals surface area contributed by atoms with Crippen molar-refractivity contribution in [2.45, 2.75) is 38.5 Å². The van der Waals surface area contributed by atoms with Gasteiger partial charge in [0.15, 0.2) is 5.37 Å². The zero-order chi connectivity index (χ0) is 20.3. The summed E-state index contributed by atoms with van der Waals surface area (Å²) in [5.41, 5.74) is 2.71. The molecule has 0 spiro atoms. The number of amides is 3. The summed E-state index contributed by atoms with van der Waals surface area (Å²) < 4.78 is 0. The van der Waals surface area contributed by atoms with E-state index in [0.717, 1.165) is 23.7 Å². The predicted molar refractivity (Wildman–Crippen MR) is 112 cm³/mol. The Labute approximate surface area is 169 Å². The van der Waals surface area contributed by atoms with Gasteiger partial charge in [0.25, 0.3) is 11.1 Å². The molecule has 3 rings (SSSR count). The van der Waals surface area contributed by atoms with Crippen LogP contribution in [-0.2, 0) is 16.0 Å². The Kier molecular flexibility index (Phi) is 6.19. The molecule has 6 heteroatoms. The highest BCUT2D eigenvalue weighted by atomic mass is 32.2. The van der Waals surface area contributed by atoms with E-state index < -0.39 is 22.4 Å². The second-order valence-corrected chi connectivity index (χ2v) is 8.40. The Balaban J connectivity index is 1.88. The summed E-state index contributed by atoms with van der Waals surface area (Å²) >= 11 is 0.832. The molecule has 5 nitrogen and oxygen atoms in total. The molecule has 3 amide bonds. The fraction of sp³-hybridized carbons (Fsp3) is 0.318. The maximum Gasteiger partial charge on any atom is 0.288 e. The van der Waals surface area contributed by atoms with Gasteiger partial charge in [0.1, 0.15) is 0 Å². The number of anilines is 1. The number of nitrogens with one attached hydrogen (secondary N) is 1. The maximum absolute atomic E-state index is 13.4. The van der Waals surface area contributed by atoms with E-state index in [9.17, 15) is 14.4 Å². The van der Waals surface area contributed by atoms with E-state index in [4.69, 9.17) is 0 Å². The lowest BCUT2D eigenvalue weighted by molar-refractivity contribution is -0.124. The predicted octanol–water partition coefficient (Wildman–Crippen LogP) is 4.33. The number of imide groups is 1. The first-order valence-electron chi connectivity index (χ1n) is 9.35. The van der Waals surface area contributed by atoms with Crippen molar-refractivity contribution in [3.8, 4) is 0 Å². The van der Waals surface area contributed by atoms with Crippen LogP contribution in [0.2, 0.25) is 0 Å². The van der Waals surface area contributed by atoms with Gasteiger partial charge in [-0.25, -0.2) is 0 Å². The monoisotopic (exact) mass is 396 g/mol. The molecule has 1 aliphatic rings. The average molecular weight is 397 g/mol. The van der Waals surface area contributed by atoms with Crippen molar-refractivity contribution in [3.63, 3.8) is 0 Å². The Bertz CT molecular complexity index is 865. The summed E-state index contributed by atoms with van der Waals surface area (Å²) in [4.78, 5) is 38.7. The van der Waals surface area contributed by atoms with E-state index in [2.05, 4.69) is 19.2 Å². The van der Waals surface area contributed by atoms with Crippen LogP contribution < -0.4 is 10.2 Å². The van der Waals surface area contributed by atoms with Gasteiger partial charge < -0.3 is 0 Å². The van der Waals surface area contributed by atoms with Crippen LogP contribution in [-0.4, -0.2) is 22.4 Å². The Morgan fingerprint density at radius 1 is 1.04 bits per heavy atom. The molecular formula is C22H24N2O3S. The Morgan fingerprint density at radius 2 is 1.68 bits per heavy atom. The van der Waals surface area contributed by atoms with Crippen LogP contribution in [0, 0.1) is 5.92 Å².